The van der Waals surface area contributed by atoms with Crippen molar-refractivity contribution in [1.29, 1.82) is 0 Å². The molecule has 0 aliphatic carbocycles. The van der Waals surface area contributed by atoms with E-state index in [2.05, 4.69) is 59.4 Å². The van der Waals surface area contributed by atoms with Crippen molar-refractivity contribution in [2.45, 2.75) is 19.3 Å². The fraction of sp³-hybridized carbons (Fsp3) is 0.235. The second-order valence-corrected chi connectivity index (χ2v) is 5.05. The van der Waals surface area contributed by atoms with Crippen LogP contribution in [0.5, 0.6) is 0 Å². The molecule has 3 nitrogen and oxygen atoms in total. The Bertz CT molecular complexity index is 706. The van der Waals surface area contributed by atoms with Crippen LogP contribution in [0.4, 0.5) is 0 Å². The zero-order chi connectivity index (χ0) is 13.9. The largest absolute Gasteiger partial charge is 0.342 e. The van der Waals surface area contributed by atoms with Gasteiger partial charge in [0.25, 0.3) is 0 Å². The lowest BCUT2D eigenvalue weighted by Gasteiger charge is -2.08. The van der Waals surface area contributed by atoms with Crippen LogP contribution >= 0.6 is 0 Å². The van der Waals surface area contributed by atoms with Gasteiger partial charge in [0, 0.05) is 18.0 Å². The van der Waals surface area contributed by atoms with Crippen molar-refractivity contribution >= 4 is 10.8 Å². The molecule has 0 saturated carbocycles. The van der Waals surface area contributed by atoms with E-state index in [1.54, 1.807) is 0 Å². The molecule has 102 valence electrons. The molecular formula is C17H19N3. The molecule has 0 amide bonds. The maximum atomic E-state index is 5.79. The van der Waals surface area contributed by atoms with Crippen LogP contribution in [0.15, 0.2) is 48.7 Å². The van der Waals surface area contributed by atoms with Gasteiger partial charge in [-0.1, -0.05) is 49.4 Å². The number of nitrogens with two attached hydrogens (primary N) is 1. The summed E-state index contributed by atoms with van der Waals surface area (Å²) in [7, 11) is 0. The number of hydrogen-bond acceptors (Lipinski definition) is 2. The standard InChI is InChI=1S/C17H19N3/c1-2-12(10-18)17-19-11-16(20-17)15-9-5-7-13-6-3-4-8-14(13)15/h3-9,11-12H,2,10,18H2,1H3,(H,19,20). The Balaban J connectivity index is 2.08. The average Bonchev–Trinajstić information content (AvgIpc) is 2.97. The van der Waals surface area contributed by atoms with Crippen LogP contribution < -0.4 is 5.73 Å². The Morgan fingerprint density at radius 1 is 1.15 bits per heavy atom. The molecule has 0 spiro atoms. The number of rotatable bonds is 4. The molecule has 3 N–H and O–H groups in total. The van der Waals surface area contributed by atoms with Crippen molar-refractivity contribution in [2.24, 2.45) is 5.73 Å². The van der Waals surface area contributed by atoms with Crippen LogP contribution in [-0.4, -0.2) is 16.5 Å². The predicted octanol–water partition coefficient (Wildman–Crippen LogP) is 3.68. The zero-order valence-electron chi connectivity index (χ0n) is 11.6. The van der Waals surface area contributed by atoms with E-state index in [1.165, 1.54) is 16.3 Å². The van der Waals surface area contributed by atoms with Gasteiger partial charge in [-0.15, -0.1) is 0 Å². The maximum absolute atomic E-state index is 5.79. The van der Waals surface area contributed by atoms with Crippen molar-refractivity contribution < 1.29 is 0 Å². The first-order valence-electron chi connectivity index (χ1n) is 7.06. The number of fused-ring (bicyclic) bond motifs is 1. The fourth-order valence-corrected chi connectivity index (χ4v) is 2.61. The van der Waals surface area contributed by atoms with Gasteiger partial charge in [0.05, 0.1) is 11.9 Å². The highest BCUT2D eigenvalue weighted by molar-refractivity contribution is 5.95. The molecule has 0 saturated heterocycles. The van der Waals surface area contributed by atoms with Gasteiger partial charge in [-0.2, -0.15) is 0 Å². The van der Waals surface area contributed by atoms with Gasteiger partial charge >= 0.3 is 0 Å². The first kappa shape index (κ1) is 12.9. The predicted molar refractivity (Wildman–Crippen MR) is 83.6 cm³/mol. The number of imidazole rings is 1. The normalized spacial score (nSPS) is 12.7. The van der Waals surface area contributed by atoms with Gasteiger partial charge < -0.3 is 10.7 Å². The summed E-state index contributed by atoms with van der Waals surface area (Å²) in [5.74, 6) is 1.29. The summed E-state index contributed by atoms with van der Waals surface area (Å²) < 4.78 is 0. The lowest BCUT2D eigenvalue weighted by molar-refractivity contribution is 0.639. The first-order valence-corrected chi connectivity index (χ1v) is 7.06. The highest BCUT2D eigenvalue weighted by Crippen LogP contribution is 2.28. The van der Waals surface area contributed by atoms with E-state index in [0.717, 1.165) is 17.9 Å². The summed E-state index contributed by atoms with van der Waals surface area (Å²) in [5, 5.41) is 2.48. The molecule has 0 aliphatic rings. The summed E-state index contributed by atoms with van der Waals surface area (Å²) in [5.41, 5.74) is 8.04. The summed E-state index contributed by atoms with van der Waals surface area (Å²) in [6.07, 6.45) is 2.91. The smallest absolute Gasteiger partial charge is 0.110 e. The average molecular weight is 265 g/mol. The molecule has 1 heterocycles. The van der Waals surface area contributed by atoms with Gasteiger partial charge in [0.2, 0.25) is 0 Å². The molecule has 0 aliphatic heterocycles. The van der Waals surface area contributed by atoms with E-state index in [9.17, 15) is 0 Å². The lowest BCUT2D eigenvalue weighted by Crippen LogP contribution is -2.12. The summed E-state index contributed by atoms with van der Waals surface area (Å²) in [6.45, 7) is 2.76. The van der Waals surface area contributed by atoms with E-state index in [4.69, 9.17) is 5.73 Å². The molecule has 0 radical (unpaired) electrons. The van der Waals surface area contributed by atoms with E-state index in [1.807, 2.05) is 6.20 Å². The molecular weight excluding hydrogens is 246 g/mol. The van der Waals surface area contributed by atoms with Crippen LogP contribution in [0.3, 0.4) is 0 Å². The molecule has 1 aromatic heterocycles. The Hall–Kier alpha value is -2.13. The molecule has 3 aromatic rings. The molecule has 3 rings (SSSR count). The van der Waals surface area contributed by atoms with Crippen molar-refractivity contribution in [3.05, 3.63) is 54.5 Å². The number of benzene rings is 2. The third-order valence-corrected chi connectivity index (χ3v) is 3.84. The third-order valence-electron chi connectivity index (χ3n) is 3.84. The van der Waals surface area contributed by atoms with Gasteiger partial charge in [-0.3, -0.25) is 0 Å². The Morgan fingerprint density at radius 2 is 1.95 bits per heavy atom. The monoisotopic (exact) mass is 265 g/mol. The highest BCUT2D eigenvalue weighted by atomic mass is 14.9. The number of nitrogens with zero attached hydrogens (tertiary/aromatic N) is 1. The van der Waals surface area contributed by atoms with Crippen molar-refractivity contribution in [1.82, 2.24) is 9.97 Å². The summed E-state index contributed by atoms with van der Waals surface area (Å²) in [4.78, 5) is 7.94. The van der Waals surface area contributed by atoms with Crippen molar-refractivity contribution in [3.63, 3.8) is 0 Å². The van der Waals surface area contributed by atoms with Crippen LogP contribution in [0.1, 0.15) is 25.1 Å². The zero-order valence-corrected chi connectivity index (χ0v) is 11.6. The van der Waals surface area contributed by atoms with E-state index < -0.39 is 0 Å². The SMILES string of the molecule is CCC(CN)c1ncc(-c2cccc3ccccc23)[nH]1. The number of aromatic amines is 1. The number of hydrogen-bond donors (Lipinski definition) is 2. The number of H-pyrrole nitrogens is 1. The Labute approximate surface area is 118 Å². The second kappa shape index (κ2) is 5.47. The van der Waals surface area contributed by atoms with E-state index >= 15 is 0 Å². The highest BCUT2D eigenvalue weighted by Gasteiger charge is 2.13. The van der Waals surface area contributed by atoms with E-state index in [-0.39, 0.29) is 0 Å². The van der Waals surface area contributed by atoms with Crippen LogP contribution in [-0.2, 0) is 0 Å². The van der Waals surface area contributed by atoms with Gasteiger partial charge in [0.1, 0.15) is 5.82 Å². The Kier molecular flexibility index (Phi) is 3.52. The summed E-state index contributed by atoms with van der Waals surface area (Å²) in [6, 6.07) is 14.7. The van der Waals surface area contributed by atoms with Gasteiger partial charge in [-0.05, 0) is 17.2 Å². The van der Waals surface area contributed by atoms with Gasteiger partial charge in [-0.25, -0.2) is 4.98 Å². The van der Waals surface area contributed by atoms with Crippen LogP contribution in [0.2, 0.25) is 0 Å². The molecule has 1 unspecified atom stereocenters. The topological polar surface area (TPSA) is 54.7 Å². The second-order valence-electron chi connectivity index (χ2n) is 5.05. The third kappa shape index (κ3) is 2.21. The van der Waals surface area contributed by atoms with Crippen molar-refractivity contribution in [3.8, 4) is 11.3 Å². The first-order chi connectivity index (χ1) is 9.83. The van der Waals surface area contributed by atoms with E-state index in [0.29, 0.717) is 12.5 Å². The molecule has 2 aromatic carbocycles. The molecule has 20 heavy (non-hydrogen) atoms. The fourth-order valence-electron chi connectivity index (χ4n) is 2.61. The minimum atomic E-state index is 0.304. The summed E-state index contributed by atoms with van der Waals surface area (Å²) >= 11 is 0. The van der Waals surface area contributed by atoms with Crippen LogP contribution in [0.25, 0.3) is 22.0 Å². The lowest BCUT2D eigenvalue weighted by atomic mass is 10.0. The quantitative estimate of drug-likeness (QED) is 0.756. The molecule has 1 atom stereocenters. The molecule has 0 fully saturated rings. The molecule has 0 bridgehead atoms. The Morgan fingerprint density at radius 3 is 2.75 bits per heavy atom. The minimum Gasteiger partial charge on any atom is -0.342 e. The number of aromatic nitrogens is 2. The molecule has 3 heteroatoms. The van der Waals surface area contributed by atoms with Gasteiger partial charge in [0.15, 0.2) is 0 Å². The maximum Gasteiger partial charge on any atom is 0.110 e. The minimum absolute atomic E-state index is 0.304. The van der Waals surface area contributed by atoms with Crippen molar-refractivity contribution in [2.75, 3.05) is 6.54 Å². The van der Waals surface area contributed by atoms with Crippen LogP contribution in [0, 0.1) is 0 Å². The number of nitrogens with one attached hydrogen (secondary N) is 1.